The van der Waals surface area contributed by atoms with Gasteiger partial charge in [-0.2, -0.15) is 0 Å². The molecular weight excluding hydrogens is 160 g/mol. The van der Waals surface area contributed by atoms with E-state index in [1.807, 2.05) is 19.3 Å². The Hall–Kier alpha value is -0.500. The van der Waals surface area contributed by atoms with E-state index in [9.17, 15) is 0 Å². The summed E-state index contributed by atoms with van der Waals surface area (Å²) in [5.74, 6) is 1.01. The van der Waals surface area contributed by atoms with Gasteiger partial charge in [0.15, 0.2) is 0 Å². The number of aromatic nitrogens is 2. The first-order valence-electron chi connectivity index (χ1n) is 3.96. The first-order chi connectivity index (χ1) is 5.29. The fourth-order valence-corrected chi connectivity index (χ4v) is 1.46. The molecule has 1 heterocycles. The third-order valence-corrected chi connectivity index (χ3v) is 2.19. The molecule has 3 heteroatoms. The van der Waals surface area contributed by atoms with Gasteiger partial charge in [-0.15, -0.1) is 11.6 Å². The highest BCUT2D eigenvalue weighted by atomic mass is 35.5. The summed E-state index contributed by atoms with van der Waals surface area (Å²) in [6.45, 7) is 1.96. The van der Waals surface area contributed by atoms with Crippen molar-refractivity contribution in [1.82, 2.24) is 9.55 Å². The van der Waals surface area contributed by atoms with E-state index in [0.717, 1.165) is 5.82 Å². The maximum Gasteiger partial charge on any atom is 0.126 e. The number of imidazole rings is 1. The van der Waals surface area contributed by atoms with Gasteiger partial charge in [-0.3, -0.25) is 0 Å². The summed E-state index contributed by atoms with van der Waals surface area (Å²) < 4.78 is 2.19. The Labute approximate surface area is 71.2 Å². The maximum absolute atomic E-state index is 5.94. The number of hydrogen-bond acceptors (Lipinski definition) is 1. The SMILES string of the molecule is CC(Cl)c1nccn1C1CC1. The summed E-state index contributed by atoms with van der Waals surface area (Å²) in [5, 5.41) is 0.0330. The average Bonchev–Trinajstić information content (AvgIpc) is 2.68. The van der Waals surface area contributed by atoms with Crippen LogP contribution in [-0.4, -0.2) is 9.55 Å². The molecule has 60 valence electrons. The van der Waals surface area contributed by atoms with E-state index in [0.29, 0.717) is 6.04 Å². The lowest BCUT2D eigenvalue weighted by molar-refractivity contribution is 0.680. The molecule has 0 aromatic carbocycles. The molecule has 0 amide bonds. The van der Waals surface area contributed by atoms with Gasteiger partial charge in [0.1, 0.15) is 5.82 Å². The van der Waals surface area contributed by atoms with Crippen molar-refractivity contribution in [3.05, 3.63) is 18.2 Å². The van der Waals surface area contributed by atoms with E-state index in [4.69, 9.17) is 11.6 Å². The quantitative estimate of drug-likeness (QED) is 0.624. The van der Waals surface area contributed by atoms with E-state index >= 15 is 0 Å². The lowest BCUT2D eigenvalue weighted by Gasteiger charge is -2.06. The Bertz CT molecular complexity index is 234. The number of nitrogens with zero attached hydrogens (tertiary/aromatic N) is 2. The maximum atomic E-state index is 5.94. The van der Waals surface area contributed by atoms with Crippen molar-refractivity contribution in [2.24, 2.45) is 0 Å². The number of rotatable bonds is 2. The van der Waals surface area contributed by atoms with Crippen LogP contribution >= 0.6 is 11.6 Å². The minimum Gasteiger partial charge on any atom is -0.331 e. The summed E-state index contributed by atoms with van der Waals surface area (Å²) in [6.07, 6.45) is 6.42. The summed E-state index contributed by atoms with van der Waals surface area (Å²) in [5.41, 5.74) is 0. The predicted octanol–water partition coefficient (Wildman–Crippen LogP) is 2.52. The van der Waals surface area contributed by atoms with Gasteiger partial charge in [0.25, 0.3) is 0 Å². The van der Waals surface area contributed by atoms with Crippen LogP contribution in [-0.2, 0) is 0 Å². The Morgan fingerprint density at radius 3 is 3.00 bits per heavy atom. The third kappa shape index (κ3) is 1.27. The van der Waals surface area contributed by atoms with Crippen LogP contribution in [0.4, 0.5) is 0 Å². The molecule has 1 unspecified atom stereocenters. The first kappa shape index (κ1) is 7.17. The smallest absolute Gasteiger partial charge is 0.126 e. The van der Waals surface area contributed by atoms with E-state index in [1.54, 1.807) is 0 Å². The molecule has 1 aromatic rings. The van der Waals surface area contributed by atoms with Crippen LogP contribution in [0.25, 0.3) is 0 Å². The Kier molecular flexibility index (Phi) is 1.64. The van der Waals surface area contributed by atoms with Gasteiger partial charge in [0, 0.05) is 18.4 Å². The molecule has 1 fully saturated rings. The Morgan fingerprint density at radius 1 is 1.73 bits per heavy atom. The van der Waals surface area contributed by atoms with Crippen LogP contribution in [0.3, 0.4) is 0 Å². The highest BCUT2D eigenvalue weighted by molar-refractivity contribution is 6.20. The van der Waals surface area contributed by atoms with Crippen molar-refractivity contribution in [1.29, 1.82) is 0 Å². The van der Waals surface area contributed by atoms with Crippen molar-refractivity contribution in [3.8, 4) is 0 Å². The number of alkyl halides is 1. The zero-order valence-electron chi connectivity index (χ0n) is 6.50. The van der Waals surface area contributed by atoms with Gasteiger partial charge < -0.3 is 4.57 Å². The molecule has 1 saturated carbocycles. The largest absolute Gasteiger partial charge is 0.331 e. The molecule has 2 rings (SSSR count). The molecule has 1 aromatic heterocycles. The fourth-order valence-electron chi connectivity index (χ4n) is 1.29. The van der Waals surface area contributed by atoms with Crippen molar-refractivity contribution in [3.63, 3.8) is 0 Å². The highest BCUT2D eigenvalue weighted by Gasteiger charge is 2.26. The second kappa shape index (κ2) is 2.52. The van der Waals surface area contributed by atoms with Gasteiger partial charge >= 0.3 is 0 Å². The lowest BCUT2D eigenvalue weighted by Crippen LogP contribution is -2.00. The first-order valence-corrected chi connectivity index (χ1v) is 4.39. The number of halogens is 1. The molecule has 2 nitrogen and oxygen atoms in total. The van der Waals surface area contributed by atoms with E-state index in [-0.39, 0.29) is 5.38 Å². The molecule has 1 aliphatic rings. The van der Waals surface area contributed by atoms with E-state index in [1.165, 1.54) is 12.8 Å². The van der Waals surface area contributed by atoms with Crippen molar-refractivity contribution < 1.29 is 0 Å². The molecular formula is C8H11ClN2. The van der Waals surface area contributed by atoms with Gasteiger partial charge in [-0.05, 0) is 19.8 Å². The molecule has 0 saturated heterocycles. The monoisotopic (exact) mass is 170 g/mol. The molecule has 0 N–H and O–H groups in total. The van der Waals surface area contributed by atoms with Crippen LogP contribution in [0.5, 0.6) is 0 Å². The van der Waals surface area contributed by atoms with Crippen molar-refractivity contribution in [2.45, 2.75) is 31.2 Å². The lowest BCUT2D eigenvalue weighted by atomic mass is 10.4. The van der Waals surface area contributed by atoms with Gasteiger partial charge in [0.2, 0.25) is 0 Å². The average molecular weight is 171 g/mol. The second-order valence-electron chi connectivity index (χ2n) is 3.04. The van der Waals surface area contributed by atoms with Crippen LogP contribution in [0.2, 0.25) is 0 Å². The molecule has 0 aliphatic heterocycles. The molecule has 0 spiro atoms. The molecule has 1 atom stereocenters. The standard InChI is InChI=1S/C8H11ClN2/c1-6(9)8-10-4-5-11(8)7-2-3-7/h4-7H,2-3H2,1H3. The van der Waals surface area contributed by atoms with Gasteiger partial charge in [-0.25, -0.2) is 4.98 Å². The van der Waals surface area contributed by atoms with Crippen LogP contribution in [0.1, 0.15) is 37.0 Å². The summed E-state index contributed by atoms with van der Waals surface area (Å²) in [7, 11) is 0. The summed E-state index contributed by atoms with van der Waals surface area (Å²) in [4.78, 5) is 4.21. The summed E-state index contributed by atoms with van der Waals surface area (Å²) in [6, 6.07) is 0.689. The zero-order valence-corrected chi connectivity index (χ0v) is 7.25. The highest BCUT2D eigenvalue weighted by Crippen LogP contribution is 2.37. The van der Waals surface area contributed by atoms with Crippen molar-refractivity contribution in [2.75, 3.05) is 0 Å². The van der Waals surface area contributed by atoms with E-state index in [2.05, 4.69) is 9.55 Å². The Balaban J connectivity index is 2.30. The van der Waals surface area contributed by atoms with Crippen LogP contribution in [0, 0.1) is 0 Å². The molecule has 0 radical (unpaired) electrons. The minimum absolute atomic E-state index is 0.0330. The van der Waals surface area contributed by atoms with Crippen molar-refractivity contribution >= 4 is 11.6 Å². The van der Waals surface area contributed by atoms with Gasteiger partial charge in [0.05, 0.1) is 5.38 Å². The van der Waals surface area contributed by atoms with E-state index < -0.39 is 0 Å². The van der Waals surface area contributed by atoms with Gasteiger partial charge in [-0.1, -0.05) is 0 Å². The summed E-state index contributed by atoms with van der Waals surface area (Å²) >= 11 is 5.94. The Morgan fingerprint density at radius 2 is 2.45 bits per heavy atom. The second-order valence-corrected chi connectivity index (χ2v) is 3.69. The predicted molar refractivity (Wildman–Crippen MR) is 44.8 cm³/mol. The topological polar surface area (TPSA) is 17.8 Å². The molecule has 11 heavy (non-hydrogen) atoms. The minimum atomic E-state index is 0.0330. The number of hydrogen-bond donors (Lipinski definition) is 0. The van der Waals surface area contributed by atoms with Crippen LogP contribution < -0.4 is 0 Å². The molecule has 1 aliphatic carbocycles. The normalized spacial score (nSPS) is 20.2. The fraction of sp³-hybridized carbons (Fsp3) is 0.625. The van der Waals surface area contributed by atoms with Crippen LogP contribution in [0.15, 0.2) is 12.4 Å². The zero-order chi connectivity index (χ0) is 7.84. The third-order valence-electron chi connectivity index (χ3n) is 1.99. The molecule has 0 bridgehead atoms.